The van der Waals surface area contributed by atoms with Crippen LogP contribution in [0.25, 0.3) is 0 Å². The molecular weight excluding hydrogens is 320 g/mol. The molecule has 0 atom stereocenters. The first-order valence-electron chi connectivity index (χ1n) is 8.52. The third kappa shape index (κ3) is 8.39. The molecule has 2 N–H and O–H groups in total. The van der Waals surface area contributed by atoms with Crippen molar-refractivity contribution in [3.05, 3.63) is 29.8 Å². The fraction of sp³-hybridized carbons (Fsp3) is 0.556. The van der Waals surface area contributed by atoms with Crippen LogP contribution in [-0.2, 0) is 9.53 Å². The standard InChI is InChI=1S/C18H30N4O3/c1-5-19-18(21-14-17(23)20-10-12-24-4)22(3)11-13-25-16-9-7-6-8-15(16)2/h6-9H,5,10-14H2,1-4H3,(H,19,21)(H,20,23). The molecular formula is C18H30N4O3. The lowest BCUT2D eigenvalue weighted by Crippen LogP contribution is -2.41. The summed E-state index contributed by atoms with van der Waals surface area (Å²) in [5, 5.41) is 5.93. The van der Waals surface area contributed by atoms with Crippen molar-refractivity contribution in [3.8, 4) is 5.75 Å². The predicted octanol–water partition coefficient (Wildman–Crippen LogP) is 1.03. The molecule has 0 fully saturated rings. The molecule has 0 aromatic heterocycles. The van der Waals surface area contributed by atoms with Crippen LogP contribution in [0.2, 0.25) is 0 Å². The number of aliphatic imine (C=N–C) groups is 1. The number of aryl methyl sites for hydroxylation is 1. The number of para-hydroxylation sites is 1. The van der Waals surface area contributed by atoms with Crippen LogP contribution in [0.1, 0.15) is 12.5 Å². The molecule has 0 heterocycles. The number of hydrogen-bond acceptors (Lipinski definition) is 4. The van der Waals surface area contributed by atoms with Crippen molar-refractivity contribution in [1.29, 1.82) is 0 Å². The zero-order valence-electron chi connectivity index (χ0n) is 15.7. The largest absolute Gasteiger partial charge is 0.491 e. The summed E-state index contributed by atoms with van der Waals surface area (Å²) in [6.07, 6.45) is 0. The summed E-state index contributed by atoms with van der Waals surface area (Å²) in [6.45, 7) is 6.99. The molecule has 0 aliphatic rings. The fourth-order valence-electron chi connectivity index (χ4n) is 2.08. The van der Waals surface area contributed by atoms with Gasteiger partial charge >= 0.3 is 0 Å². The molecule has 7 heteroatoms. The van der Waals surface area contributed by atoms with E-state index in [-0.39, 0.29) is 12.5 Å². The normalized spacial score (nSPS) is 11.1. The van der Waals surface area contributed by atoms with E-state index in [1.165, 1.54) is 0 Å². The summed E-state index contributed by atoms with van der Waals surface area (Å²) < 4.78 is 10.7. The van der Waals surface area contributed by atoms with Gasteiger partial charge in [0.25, 0.3) is 0 Å². The van der Waals surface area contributed by atoms with E-state index in [1.54, 1.807) is 7.11 Å². The lowest BCUT2D eigenvalue weighted by Gasteiger charge is -2.22. The number of ether oxygens (including phenoxy) is 2. The van der Waals surface area contributed by atoms with Crippen LogP contribution >= 0.6 is 0 Å². The van der Waals surface area contributed by atoms with Gasteiger partial charge in [-0.1, -0.05) is 18.2 Å². The maximum absolute atomic E-state index is 11.7. The van der Waals surface area contributed by atoms with Gasteiger partial charge in [-0.05, 0) is 25.5 Å². The summed E-state index contributed by atoms with van der Waals surface area (Å²) in [4.78, 5) is 18.0. The van der Waals surface area contributed by atoms with Crippen LogP contribution < -0.4 is 15.4 Å². The minimum Gasteiger partial charge on any atom is -0.491 e. The van der Waals surface area contributed by atoms with Gasteiger partial charge in [-0.15, -0.1) is 0 Å². The number of carbonyl (C=O) groups is 1. The Bertz CT molecular complexity index is 549. The zero-order valence-corrected chi connectivity index (χ0v) is 15.7. The van der Waals surface area contributed by atoms with E-state index < -0.39 is 0 Å². The lowest BCUT2D eigenvalue weighted by molar-refractivity contribution is -0.119. The molecule has 0 aliphatic heterocycles. The highest BCUT2D eigenvalue weighted by Gasteiger charge is 2.08. The molecule has 0 radical (unpaired) electrons. The second-order valence-corrected chi connectivity index (χ2v) is 5.55. The molecule has 0 aliphatic carbocycles. The Labute approximate surface area is 150 Å². The van der Waals surface area contributed by atoms with Gasteiger partial charge in [0, 0.05) is 27.2 Å². The Morgan fingerprint density at radius 1 is 1.24 bits per heavy atom. The maximum atomic E-state index is 11.7. The number of hydrogen-bond donors (Lipinski definition) is 2. The lowest BCUT2D eigenvalue weighted by atomic mass is 10.2. The highest BCUT2D eigenvalue weighted by molar-refractivity contribution is 5.84. The summed E-state index contributed by atoms with van der Waals surface area (Å²) in [5.74, 6) is 1.44. The topological polar surface area (TPSA) is 75.2 Å². The Morgan fingerprint density at radius 2 is 2.00 bits per heavy atom. The first-order valence-corrected chi connectivity index (χ1v) is 8.52. The summed E-state index contributed by atoms with van der Waals surface area (Å²) in [7, 11) is 3.52. The predicted molar refractivity (Wildman–Crippen MR) is 100 cm³/mol. The van der Waals surface area contributed by atoms with Crippen molar-refractivity contribution in [2.75, 3.05) is 53.6 Å². The van der Waals surface area contributed by atoms with Crippen molar-refractivity contribution in [2.45, 2.75) is 13.8 Å². The Hall–Kier alpha value is -2.28. The van der Waals surface area contributed by atoms with Gasteiger partial charge in [0.2, 0.25) is 5.91 Å². The molecule has 0 bridgehead atoms. The van der Waals surface area contributed by atoms with Crippen LogP contribution in [-0.4, -0.2) is 70.3 Å². The molecule has 25 heavy (non-hydrogen) atoms. The van der Waals surface area contributed by atoms with E-state index in [0.717, 1.165) is 17.9 Å². The number of likely N-dealkylation sites (N-methyl/N-ethyl adjacent to an activating group) is 1. The van der Waals surface area contributed by atoms with Gasteiger partial charge in [-0.2, -0.15) is 0 Å². The van der Waals surface area contributed by atoms with Crippen LogP contribution in [0.15, 0.2) is 29.3 Å². The number of nitrogens with one attached hydrogen (secondary N) is 2. The number of rotatable bonds is 10. The third-order valence-corrected chi connectivity index (χ3v) is 3.48. The van der Waals surface area contributed by atoms with Crippen molar-refractivity contribution < 1.29 is 14.3 Å². The number of carbonyl (C=O) groups excluding carboxylic acids is 1. The van der Waals surface area contributed by atoms with Crippen LogP contribution in [0.5, 0.6) is 5.75 Å². The monoisotopic (exact) mass is 350 g/mol. The van der Waals surface area contributed by atoms with Crippen LogP contribution in [0.3, 0.4) is 0 Å². The quantitative estimate of drug-likeness (QED) is 0.375. The molecule has 1 rings (SSSR count). The average Bonchev–Trinajstić information content (AvgIpc) is 2.60. The third-order valence-electron chi connectivity index (χ3n) is 3.48. The Morgan fingerprint density at radius 3 is 2.68 bits per heavy atom. The Kier molecular flexibility index (Phi) is 10.1. The molecule has 1 aromatic carbocycles. The summed E-state index contributed by atoms with van der Waals surface area (Å²) in [5.41, 5.74) is 1.11. The van der Waals surface area contributed by atoms with Gasteiger partial charge in [0.1, 0.15) is 18.9 Å². The van der Waals surface area contributed by atoms with E-state index in [9.17, 15) is 4.79 Å². The van der Waals surface area contributed by atoms with E-state index in [0.29, 0.717) is 32.3 Å². The molecule has 140 valence electrons. The molecule has 0 unspecified atom stereocenters. The number of amides is 1. The van der Waals surface area contributed by atoms with Crippen LogP contribution in [0.4, 0.5) is 0 Å². The van der Waals surface area contributed by atoms with E-state index in [1.807, 2.05) is 50.1 Å². The number of guanidine groups is 1. The van der Waals surface area contributed by atoms with E-state index in [2.05, 4.69) is 15.6 Å². The molecule has 1 amide bonds. The van der Waals surface area contributed by atoms with Gasteiger partial charge in [0.15, 0.2) is 5.96 Å². The maximum Gasteiger partial charge on any atom is 0.241 e. The van der Waals surface area contributed by atoms with E-state index in [4.69, 9.17) is 9.47 Å². The highest BCUT2D eigenvalue weighted by atomic mass is 16.5. The van der Waals surface area contributed by atoms with Gasteiger partial charge in [0.05, 0.1) is 13.2 Å². The fourth-order valence-corrected chi connectivity index (χ4v) is 2.08. The van der Waals surface area contributed by atoms with Gasteiger partial charge < -0.3 is 25.0 Å². The second-order valence-electron chi connectivity index (χ2n) is 5.55. The molecule has 0 saturated heterocycles. The number of benzene rings is 1. The Balaban J connectivity index is 2.46. The molecule has 0 spiro atoms. The zero-order chi connectivity index (χ0) is 18.5. The molecule has 7 nitrogen and oxygen atoms in total. The van der Waals surface area contributed by atoms with Gasteiger partial charge in [-0.25, -0.2) is 4.99 Å². The van der Waals surface area contributed by atoms with Crippen molar-refractivity contribution in [3.63, 3.8) is 0 Å². The van der Waals surface area contributed by atoms with Crippen molar-refractivity contribution >= 4 is 11.9 Å². The average molecular weight is 350 g/mol. The van der Waals surface area contributed by atoms with Gasteiger partial charge in [-0.3, -0.25) is 4.79 Å². The first kappa shape index (κ1) is 20.8. The van der Waals surface area contributed by atoms with E-state index >= 15 is 0 Å². The van der Waals surface area contributed by atoms with Crippen molar-refractivity contribution in [2.24, 2.45) is 4.99 Å². The number of nitrogens with zero attached hydrogens (tertiary/aromatic N) is 2. The molecule has 1 aromatic rings. The smallest absolute Gasteiger partial charge is 0.241 e. The summed E-state index contributed by atoms with van der Waals surface area (Å²) in [6, 6.07) is 7.92. The van der Waals surface area contributed by atoms with Crippen LogP contribution in [0, 0.1) is 6.92 Å². The molecule has 0 saturated carbocycles. The first-order chi connectivity index (χ1) is 12.1. The minimum atomic E-state index is -0.128. The number of methoxy groups -OCH3 is 1. The summed E-state index contributed by atoms with van der Waals surface area (Å²) >= 11 is 0. The van der Waals surface area contributed by atoms with Crippen molar-refractivity contribution in [1.82, 2.24) is 15.5 Å². The highest BCUT2D eigenvalue weighted by Crippen LogP contribution is 2.15. The minimum absolute atomic E-state index is 0.0784. The SMILES string of the molecule is CCNC(=NCC(=O)NCCOC)N(C)CCOc1ccccc1C. The second kappa shape index (κ2) is 12.1.